The molecule has 1 atom stereocenters. The maximum absolute atomic E-state index is 12.1. The lowest BCUT2D eigenvalue weighted by molar-refractivity contribution is -0.137. The highest BCUT2D eigenvalue weighted by Crippen LogP contribution is 2.36. The van der Waals surface area contributed by atoms with Crippen molar-refractivity contribution in [3.05, 3.63) is 53.6 Å². The summed E-state index contributed by atoms with van der Waals surface area (Å²) in [5.74, 6) is -1.08. The summed E-state index contributed by atoms with van der Waals surface area (Å²) in [4.78, 5) is 23.7. The molecule has 1 aliphatic rings. The van der Waals surface area contributed by atoms with Gasteiger partial charge < -0.3 is 0 Å². The molecule has 1 aromatic rings. The van der Waals surface area contributed by atoms with Crippen LogP contribution in [0.5, 0.6) is 0 Å². The lowest BCUT2D eigenvalue weighted by Crippen LogP contribution is -2.36. The zero-order chi connectivity index (χ0) is 14.0. The van der Waals surface area contributed by atoms with Crippen LogP contribution in [0.4, 0.5) is 0 Å². The molecule has 2 nitrogen and oxygen atoms in total. The van der Waals surface area contributed by atoms with Gasteiger partial charge in [-0.1, -0.05) is 63.3 Å². The van der Waals surface area contributed by atoms with Gasteiger partial charge in [0.1, 0.15) is 0 Å². The highest BCUT2D eigenvalue weighted by Gasteiger charge is 2.38. The van der Waals surface area contributed by atoms with Crippen molar-refractivity contribution in [2.45, 2.75) is 20.8 Å². The number of benzene rings is 1. The molecule has 1 aliphatic carbocycles. The molecule has 0 bridgehead atoms. The summed E-state index contributed by atoms with van der Waals surface area (Å²) in [6.45, 7) is 5.96. The third-order valence-corrected chi connectivity index (χ3v) is 3.26. The first kappa shape index (κ1) is 13.5. The Morgan fingerprint density at radius 2 is 1.63 bits per heavy atom. The number of carbonyl (C=O) groups is 2. The minimum Gasteiger partial charge on any atom is -0.290 e. The van der Waals surface area contributed by atoms with Gasteiger partial charge in [0.15, 0.2) is 0 Å². The van der Waals surface area contributed by atoms with Gasteiger partial charge in [-0.3, -0.25) is 9.59 Å². The average molecular weight is 254 g/mol. The van der Waals surface area contributed by atoms with Gasteiger partial charge in [-0.15, -0.1) is 0 Å². The third kappa shape index (κ3) is 2.90. The van der Waals surface area contributed by atoms with Crippen LogP contribution in [0.2, 0.25) is 0 Å². The van der Waals surface area contributed by atoms with E-state index >= 15 is 0 Å². The number of Topliss-reactive ketones (excluding diaryl/α,β-unsaturated/α-hetero) is 1. The van der Waals surface area contributed by atoms with Crippen LogP contribution in [0, 0.1) is 11.3 Å². The summed E-state index contributed by atoms with van der Waals surface area (Å²) in [6.07, 6.45) is 5.13. The first-order chi connectivity index (χ1) is 8.89. The van der Waals surface area contributed by atoms with Crippen LogP contribution in [0.3, 0.4) is 0 Å². The van der Waals surface area contributed by atoms with Crippen LogP contribution >= 0.6 is 0 Å². The topological polar surface area (TPSA) is 34.1 Å². The molecule has 19 heavy (non-hydrogen) atoms. The smallest absolute Gasteiger partial charge is 0.222 e. The maximum atomic E-state index is 12.1. The Hall–Kier alpha value is -1.96. The number of carbonyl (C=O) groups excluding carboxylic acids is 2. The fourth-order valence-electron chi connectivity index (χ4n) is 2.41. The van der Waals surface area contributed by atoms with Crippen molar-refractivity contribution in [1.29, 1.82) is 0 Å². The van der Waals surface area contributed by atoms with Gasteiger partial charge in [0.2, 0.25) is 11.6 Å². The number of hydrogen-bond donors (Lipinski definition) is 0. The molecule has 0 saturated heterocycles. The van der Waals surface area contributed by atoms with E-state index < -0.39 is 5.78 Å². The second-order valence-corrected chi connectivity index (χ2v) is 5.92. The lowest BCUT2D eigenvalue weighted by atomic mass is 9.70. The first-order valence-corrected chi connectivity index (χ1v) is 6.42. The monoisotopic (exact) mass is 254 g/mol. The second-order valence-electron chi connectivity index (χ2n) is 5.92. The van der Waals surface area contributed by atoms with E-state index in [1.54, 1.807) is 6.08 Å². The predicted octanol–water partition coefficient (Wildman–Crippen LogP) is 3.44. The summed E-state index contributed by atoms with van der Waals surface area (Å²) < 4.78 is 0. The molecule has 0 N–H and O–H groups in total. The first-order valence-electron chi connectivity index (χ1n) is 6.42. The number of hydrogen-bond acceptors (Lipinski definition) is 2. The second kappa shape index (κ2) is 4.96. The summed E-state index contributed by atoms with van der Waals surface area (Å²) >= 11 is 0. The molecule has 0 heterocycles. The predicted molar refractivity (Wildman–Crippen MR) is 76.5 cm³/mol. The van der Waals surface area contributed by atoms with Crippen molar-refractivity contribution >= 4 is 17.6 Å². The van der Waals surface area contributed by atoms with E-state index in [0.717, 1.165) is 11.1 Å². The largest absolute Gasteiger partial charge is 0.290 e. The quantitative estimate of drug-likeness (QED) is 0.719. The Balaban J connectivity index is 2.48. The lowest BCUT2D eigenvalue weighted by Gasteiger charge is -2.31. The Morgan fingerprint density at radius 1 is 1.00 bits per heavy atom. The molecular formula is C17H18O2. The Labute approximate surface area is 113 Å². The molecule has 2 rings (SSSR count). The number of ketones is 2. The van der Waals surface area contributed by atoms with E-state index in [2.05, 4.69) is 0 Å². The average Bonchev–Trinajstić information content (AvgIpc) is 2.34. The molecule has 0 aliphatic heterocycles. The van der Waals surface area contributed by atoms with Crippen LogP contribution < -0.4 is 0 Å². The van der Waals surface area contributed by atoms with E-state index in [-0.39, 0.29) is 17.1 Å². The zero-order valence-corrected chi connectivity index (χ0v) is 11.5. The van der Waals surface area contributed by atoms with Gasteiger partial charge in [0.05, 0.1) is 5.92 Å². The fraction of sp³-hybridized carbons (Fsp3) is 0.294. The molecule has 0 aromatic heterocycles. The van der Waals surface area contributed by atoms with Crippen molar-refractivity contribution in [2.24, 2.45) is 11.3 Å². The summed E-state index contributed by atoms with van der Waals surface area (Å²) in [6, 6.07) is 9.84. The molecule has 0 saturated carbocycles. The normalized spacial score (nSPS) is 22.1. The molecule has 1 unspecified atom stereocenters. The molecule has 2 heteroatoms. The SMILES string of the molecule is CC(C)(C)C1C(=O)C(=O)C=CC1=Cc1ccccc1. The fourth-order valence-corrected chi connectivity index (χ4v) is 2.41. The van der Waals surface area contributed by atoms with Gasteiger partial charge in [-0.2, -0.15) is 0 Å². The van der Waals surface area contributed by atoms with Crippen molar-refractivity contribution < 1.29 is 9.59 Å². The van der Waals surface area contributed by atoms with Crippen LogP contribution in [0.25, 0.3) is 6.08 Å². The van der Waals surface area contributed by atoms with E-state index in [1.807, 2.05) is 57.2 Å². The van der Waals surface area contributed by atoms with Crippen molar-refractivity contribution in [3.8, 4) is 0 Å². The summed E-state index contributed by atoms with van der Waals surface area (Å²) in [5.41, 5.74) is 1.68. The highest BCUT2D eigenvalue weighted by atomic mass is 16.2. The molecule has 0 amide bonds. The van der Waals surface area contributed by atoms with Crippen LogP contribution in [-0.2, 0) is 9.59 Å². The van der Waals surface area contributed by atoms with Crippen LogP contribution in [0.1, 0.15) is 26.3 Å². The minimum absolute atomic E-state index is 0.266. The molecule has 0 fully saturated rings. The summed E-state index contributed by atoms with van der Waals surface area (Å²) in [5, 5.41) is 0. The van der Waals surface area contributed by atoms with E-state index in [0.29, 0.717) is 0 Å². The molecule has 1 aromatic carbocycles. The Morgan fingerprint density at radius 3 is 2.21 bits per heavy atom. The van der Waals surface area contributed by atoms with Gasteiger partial charge in [-0.25, -0.2) is 0 Å². The molecule has 0 spiro atoms. The Bertz CT molecular complexity index is 557. The number of allylic oxidation sites excluding steroid dienone is 3. The Kier molecular flexibility index (Phi) is 3.52. The van der Waals surface area contributed by atoms with E-state index in [1.165, 1.54) is 6.08 Å². The molecule has 0 radical (unpaired) electrons. The van der Waals surface area contributed by atoms with E-state index in [4.69, 9.17) is 0 Å². The highest BCUT2D eigenvalue weighted by molar-refractivity contribution is 6.44. The standard InChI is InChI=1S/C17H18O2/c1-17(2,3)15-13(9-10-14(18)16(15)19)11-12-7-5-4-6-8-12/h4-11,15H,1-3H3. The molecule has 98 valence electrons. The van der Waals surface area contributed by atoms with Gasteiger partial charge in [0, 0.05) is 0 Å². The van der Waals surface area contributed by atoms with Gasteiger partial charge in [-0.05, 0) is 22.6 Å². The van der Waals surface area contributed by atoms with Crippen molar-refractivity contribution in [3.63, 3.8) is 0 Å². The van der Waals surface area contributed by atoms with Gasteiger partial charge >= 0.3 is 0 Å². The van der Waals surface area contributed by atoms with E-state index in [9.17, 15) is 9.59 Å². The van der Waals surface area contributed by atoms with Gasteiger partial charge in [0.25, 0.3) is 0 Å². The van der Waals surface area contributed by atoms with Crippen LogP contribution in [-0.4, -0.2) is 11.6 Å². The van der Waals surface area contributed by atoms with Crippen molar-refractivity contribution in [1.82, 2.24) is 0 Å². The van der Waals surface area contributed by atoms with Crippen LogP contribution in [0.15, 0.2) is 48.1 Å². The minimum atomic E-state index is -0.398. The third-order valence-electron chi connectivity index (χ3n) is 3.26. The number of rotatable bonds is 1. The summed E-state index contributed by atoms with van der Waals surface area (Å²) in [7, 11) is 0. The maximum Gasteiger partial charge on any atom is 0.222 e. The van der Waals surface area contributed by atoms with Crippen molar-refractivity contribution in [2.75, 3.05) is 0 Å². The molecular weight excluding hydrogens is 236 g/mol. The zero-order valence-electron chi connectivity index (χ0n) is 11.5.